The number of ether oxygens (including phenoxy) is 2. The number of hydrogen-bond donors (Lipinski definition) is 4. The molecule has 0 saturated heterocycles. The maximum absolute atomic E-state index is 11.3. The molecule has 0 fully saturated rings. The summed E-state index contributed by atoms with van der Waals surface area (Å²) >= 11 is 0. The molecule has 8 nitrogen and oxygen atoms in total. The van der Waals surface area contributed by atoms with Crippen molar-refractivity contribution in [3.05, 3.63) is 42.2 Å². The number of para-hydroxylation sites is 1. The van der Waals surface area contributed by atoms with Gasteiger partial charge in [0.2, 0.25) is 5.71 Å². The number of nitrogens with one attached hydrogen (secondary N) is 1. The maximum atomic E-state index is 11.3. The van der Waals surface area contributed by atoms with Gasteiger partial charge in [-0.3, -0.25) is 15.9 Å². The fraction of sp³-hybridized carbons (Fsp3) is 0.200. The zero-order valence-electron chi connectivity index (χ0n) is 12.4. The Morgan fingerprint density at radius 1 is 1.43 bits per heavy atom. The summed E-state index contributed by atoms with van der Waals surface area (Å²) in [5.74, 6) is 0.0313. The van der Waals surface area contributed by atoms with Gasteiger partial charge in [0.1, 0.15) is 11.4 Å². The Morgan fingerprint density at radius 2 is 2.22 bits per heavy atom. The molecule has 1 aliphatic carbocycles. The Morgan fingerprint density at radius 3 is 2.91 bits per heavy atom. The fourth-order valence-electron chi connectivity index (χ4n) is 2.02. The van der Waals surface area contributed by atoms with Crippen molar-refractivity contribution in [3.63, 3.8) is 0 Å². The molecule has 122 valence electrons. The molecule has 0 spiro atoms. The van der Waals surface area contributed by atoms with Crippen molar-refractivity contribution in [1.82, 2.24) is 0 Å². The van der Waals surface area contributed by atoms with Crippen LogP contribution in [0.5, 0.6) is 5.75 Å². The molecule has 23 heavy (non-hydrogen) atoms. The van der Waals surface area contributed by atoms with Gasteiger partial charge in [-0.25, -0.2) is 4.79 Å². The van der Waals surface area contributed by atoms with Gasteiger partial charge in [0.25, 0.3) is 0 Å². The van der Waals surface area contributed by atoms with E-state index in [0.29, 0.717) is 10.5 Å². The van der Waals surface area contributed by atoms with Crippen LogP contribution in [0.3, 0.4) is 0 Å². The molecule has 4 N–H and O–H groups in total. The highest BCUT2D eigenvalue weighted by Crippen LogP contribution is 2.33. The summed E-state index contributed by atoms with van der Waals surface area (Å²) in [5.41, 5.74) is 2.29. The first-order chi connectivity index (χ1) is 11.1. The smallest absolute Gasteiger partial charge is 0.502 e. The van der Waals surface area contributed by atoms with Crippen molar-refractivity contribution in [1.29, 1.82) is 0 Å². The van der Waals surface area contributed by atoms with Crippen LogP contribution in [0.1, 0.15) is 13.3 Å². The molecule has 0 radical (unpaired) electrons. The normalized spacial score (nSPS) is 15.7. The molecule has 0 unspecified atom stereocenters. The van der Waals surface area contributed by atoms with Gasteiger partial charge in [-0.15, -0.1) is 0 Å². The number of anilines is 1. The van der Waals surface area contributed by atoms with E-state index in [9.17, 15) is 15.1 Å². The van der Waals surface area contributed by atoms with Crippen molar-refractivity contribution in [2.45, 2.75) is 13.3 Å². The highest BCUT2D eigenvalue weighted by atomic mass is 16.7. The molecular formula is C15H17N2O6+. The molecule has 1 aromatic carbocycles. The first-order valence-corrected chi connectivity index (χ1v) is 6.85. The zero-order valence-corrected chi connectivity index (χ0v) is 12.4. The number of carbonyl (C=O) groups excluding carboxylic acids is 1. The Kier molecular flexibility index (Phi) is 5.21. The van der Waals surface area contributed by atoms with Crippen LogP contribution >= 0.6 is 0 Å². The van der Waals surface area contributed by atoms with Gasteiger partial charge in [-0.2, -0.15) is 0 Å². The Bertz CT molecular complexity index is 693. The number of benzene rings is 1. The molecule has 8 heteroatoms. The predicted molar refractivity (Wildman–Crippen MR) is 80.2 cm³/mol. The summed E-state index contributed by atoms with van der Waals surface area (Å²) in [4.78, 5) is 11.3. The predicted octanol–water partition coefficient (Wildman–Crippen LogP) is 2.68. The van der Waals surface area contributed by atoms with Gasteiger partial charge in [-0.1, -0.05) is 12.1 Å². The van der Waals surface area contributed by atoms with Gasteiger partial charge < -0.3 is 14.6 Å². The van der Waals surface area contributed by atoms with Crippen molar-refractivity contribution in [2.75, 3.05) is 12.1 Å². The van der Waals surface area contributed by atoms with E-state index in [2.05, 4.69) is 4.74 Å². The third-order valence-corrected chi connectivity index (χ3v) is 3.02. The third kappa shape index (κ3) is 3.80. The molecule has 0 amide bonds. The SMILES string of the molecule is CCOC(=O)OC1=CC=C/C(=[N+](\O)c2c(O)cccc2NO)C1. The second kappa shape index (κ2) is 7.32. The molecular weight excluding hydrogens is 304 g/mol. The molecule has 0 bridgehead atoms. The molecule has 0 atom stereocenters. The van der Waals surface area contributed by atoms with Gasteiger partial charge >= 0.3 is 11.8 Å². The molecule has 1 aromatic rings. The van der Waals surface area contributed by atoms with E-state index >= 15 is 0 Å². The van der Waals surface area contributed by atoms with Crippen LogP contribution in [0.2, 0.25) is 0 Å². The Labute approximate surface area is 132 Å². The monoisotopic (exact) mass is 321 g/mol. The van der Waals surface area contributed by atoms with Crippen molar-refractivity contribution < 1.29 is 34.5 Å². The molecule has 1 aliphatic rings. The van der Waals surface area contributed by atoms with E-state index in [4.69, 9.17) is 9.94 Å². The molecule has 0 aromatic heterocycles. The minimum atomic E-state index is -0.835. The number of allylic oxidation sites excluding steroid dienone is 4. The third-order valence-electron chi connectivity index (χ3n) is 3.02. The van der Waals surface area contributed by atoms with Gasteiger partial charge in [0.15, 0.2) is 5.75 Å². The van der Waals surface area contributed by atoms with E-state index in [0.717, 1.165) is 0 Å². The van der Waals surface area contributed by atoms with Crippen LogP contribution in [0.4, 0.5) is 16.2 Å². The summed E-state index contributed by atoms with van der Waals surface area (Å²) in [6.45, 7) is 1.85. The number of aromatic hydroxyl groups is 1. The number of nitrogens with zero attached hydrogens (tertiary/aromatic N) is 1. The molecule has 2 rings (SSSR count). The lowest BCUT2D eigenvalue weighted by Gasteiger charge is -2.10. The van der Waals surface area contributed by atoms with Crippen LogP contribution in [0.25, 0.3) is 0 Å². The summed E-state index contributed by atoms with van der Waals surface area (Å²) in [5, 5.41) is 29.3. The lowest BCUT2D eigenvalue weighted by molar-refractivity contribution is -0.712. The molecule has 0 saturated carbocycles. The van der Waals surface area contributed by atoms with Gasteiger partial charge in [0.05, 0.1) is 13.0 Å². The number of carbonyl (C=O) groups is 1. The van der Waals surface area contributed by atoms with Gasteiger partial charge in [-0.05, 0) is 25.1 Å². The highest BCUT2D eigenvalue weighted by Gasteiger charge is 2.27. The quantitative estimate of drug-likeness (QED) is 0.292. The minimum Gasteiger partial charge on any atom is -0.502 e. The van der Waals surface area contributed by atoms with Crippen LogP contribution < -0.4 is 5.48 Å². The Balaban J connectivity index is 2.28. The highest BCUT2D eigenvalue weighted by molar-refractivity contribution is 5.95. The molecule has 0 aliphatic heterocycles. The maximum Gasteiger partial charge on any atom is 0.513 e. The van der Waals surface area contributed by atoms with Crippen LogP contribution in [-0.2, 0) is 9.47 Å². The van der Waals surface area contributed by atoms with E-state index in [1.165, 1.54) is 18.2 Å². The van der Waals surface area contributed by atoms with Crippen LogP contribution in [-0.4, -0.2) is 38.7 Å². The first kappa shape index (κ1) is 16.4. The Hall–Kier alpha value is -3.00. The zero-order chi connectivity index (χ0) is 16.8. The first-order valence-electron chi connectivity index (χ1n) is 6.85. The van der Waals surface area contributed by atoms with E-state index in [1.54, 1.807) is 25.2 Å². The second-order valence-electron chi connectivity index (χ2n) is 4.54. The number of phenolic OH excluding ortho intramolecular Hbond substituents is 1. The van der Waals surface area contributed by atoms with Gasteiger partial charge in [0, 0.05) is 10.8 Å². The van der Waals surface area contributed by atoms with E-state index < -0.39 is 6.16 Å². The number of phenols is 1. The summed E-state index contributed by atoms with van der Waals surface area (Å²) in [7, 11) is 0. The number of rotatable bonds is 4. The lowest BCUT2D eigenvalue weighted by Crippen LogP contribution is -2.18. The van der Waals surface area contributed by atoms with Crippen molar-refractivity contribution in [3.8, 4) is 5.75 Å². The largest absolute Gasteiger partial charge is 0.513 e. The summed E-state index contributed by atoms with van der Waals surface area (Å²) in [6, 6.07) is 4.33. The molecule has 0 heterocycles. The lowest BCUT2D eigenvalue weighted by atomic mass is 10.1. The number of hydrogen-bond acceptors (Lipinski definition) is 7. The fourth-order valence-corrected chi connectivity index (χ4v) is 2.02. The minimum absolute atomic E-state index is 0.0352. The van der Waals surface area contributed by atoms with E-state index in [1.807, 2.05) is 5.48 Å². The standard InChI is InChI=1S/C15H16N2O6/c1-2-22-15(19)23-11-6-3-5-10(9-11)17(21)14-12(16-20)7-4-8-13(14)18/h3-8,16,20H,2,9H2,1H3,(H-,18,21)/p+1/b17-10+. The van der Waals surface area contributed by atoms with Crippen molar-refractivity contribution in [2.24, 2.45) is 0 Å². The summed E-state index contributed by atoms with van der Waals surface area (Å²) in [6.07, 6.45) is 3.96. The average molecular weight is 321 g/mol. The summed E-state index contributed by atoms with van der Waals surface area (Å²) < 4.78 is 10.4. The average Bonchev–Trinajstić information content (AvgIpc) is 2.54. The van der Waals surface area contributed by atoms with Crippen molar-refractivity contribution >= 4 is 23.2 Å². The topological polar surface area (TPSA) is 111 Å². The van der Waals surface area contributed by atoms with E-state index in [-0.39, 0.29) is 35.9 Å². The van der Waals surface area contributed by atoms with Crippen LogP contribution in [0, 0.1) is 0 Å². The van der Waals surface area contributed by atoms with Crippen LogP contribution in [0.15, 0.2) is 42.2 Å². The second-order valence-corrected chi connectivity index (χ2v) is 4.54.